The van der Waals surface area contributed by atoms with E-state index in [-0.39, 0.29) is 30.3 Å². The Balaban J connectivity index is 1.77. The number of nitrogens with zero attached hydrogens (tertiary/aromatic N) is 4. The topological polar surface area (TPSA) is 98.6 Å². The summed E-state index contributed by atoms with van der Waals surface area (Å²) in [6, 6.07) is 8.67. The third-order valence-electron chi connectivity index (χ3n) is 7.68. The molecule has 1 aromatic carbocycles. The lowest BCUT2D eigenvalue weighted by Gasteiger charge is -2.35. The van der Waals surface area contributed by atoms with Crippen LogP contribution >= 0.6 is 0 Å². The molecule has 1 aliphatic carbocycles. The number of carbonyl (C=O) groups excluding carboxylic acids is 2. The first kappa shape index (κ1) is 29.4. The third-order valence-corrected chi connectivity index (χ3v) is 7.68. The molecule has 2 fully saturated rings. The molecule has 1 unspecified atom stereocenters. The van der Waals surface area contributed by atoms with Gasteiger partial charge in [-0.25, -0.2) is 0 Å². The number of halogens is 2. The van der Waals surface area contributed by atoms with Gasteiger partial charge in [0, 0.05) is 36.1 Å². The fourth-order valence-corrected chi connectivity index (χ4v) is 5.55. The van der Waals surface area contributed by atoms with Crippen molar-refractivity contribution in [2.75, 3.05) is 11.4 Å². The molecule has 1 saturated heterocycles. The van der Waals surface area contributed by atoms with Gasteiger partial charge < -0.3 is 10.1 Å². The van der Waals surface area contributed by atoms with Gasteiger partial charge in [0.15, 0.2) is 6.19 Å². The quantitative estimate of drug-likeness (QED) is 0.459. The number of pyridine rings is 1. The minimum Gasteiger partial charge on any atom is -0.351 e. The van der Waals surface area contributed by atoms with Gasteiger partial charge in [-0.2, -0.15) is 14.0 Å². The number of hydrogen-bond acceptors (Lipinski definition) is 6. The Morgan fingerprint density at radius 2 is 1.85 bits per heavy atom. The van der Waals surface area contributed by atoms with E-state index in [4.69, 9.17) is 0 Å². The third kappa shape index (κ3) is 6.94. The first-order chi connectivity index (χ1) is 19.1. The Hall–Kier alpha value is -3.58. The molecule has 4 rings (SSSR count). The zero-order chi connectivity index (χ0) is 28.9. The molecule has 1 saturated carbocycles. The molecule has 1 aromatic heterocycles. The van der Waals surface area contributed by atoms with Crippen LogP contribution in [0.2, 0.25) is 0 Å². The average Bonchev–Trinajstić information content (AvgIpc) is 3.34. The summed E-state index contributed by atoms with van der Waals surface area (Å²) in [6.45, 7) is 3.07. The molecule has 3 atom stereocenters. The standard InChI is InChI=1S/C30H37F2N5O3/c1-30(2,3)21-11-13-23(14-12-21)37(28(39)25-16-24(40-29(31)32)18-36(25)19-33)26(20-8-7-15-34-17-20)27(38)35-22-9-5-4-6-10-22/h7-8,11-15,17,22,24-26,29H,4-6,9-10,16,18H2,1-3H3,(H,35,38)/t24-,25-,26?/m1/s1. The van der Waals surface area contributed by atoms with Gasteiger partial charge in [-0.1, -0.05) is 58.2 Å². The molecule has 0 spiro atoms. The lowest BCUT2D eigenvalue weighted by molar-refractivity contribution is -0.158. The minimum absolute atomic E-state index is 0.00782. The van der Waals surface area contributed by atoms with Crippen LogP contribution in [-0.4, -0.2) is 53.0 Å². The van der Waals surface area contributed by atoms with E-state index < -0.39 is 30.7 Å². The number of anilines is 1. The van der Waals surface area contributed by atoms with Crippen LogP contribution in [0.5, 0.6) is 0 Å². The SMILES string of the molecule is CC(C)(C)c1ccc(N(C(=O)[C@H]2C[C@@H](OC(F)F)CN2C#N)C(C(=O)NC2CCCCC2)c2cccnc2)cc1. The molecule has 8 nitrogen and oxygen atoms in total. The molecular weight excluding hydrogens is 516 g/mol. The summed E-state index contributed by atoms with van der Waals surface area (Å²) in [4.78, 5) is 35.1. The number of aromatic nitrogens is 1. The summed E-state index contributed by atoms with van der Waals surface area (Å²) in [5, 5.41) is 12.9. The van der Waals surface area contributed by atoms with Gasteiger partial charge in [-0.3, -0.25) is 24.4 Å². The number of nitriles is 1. The van der Waals surface area contributed by atoms with E-state index in [0.29, 0.717) is 11.3 Å². The fourth-order valence-electron chi connectivity index (χ4n) is 5.55. The van der Waals surface area contributed by atoms with E-state index >= 15 is 0 Å². The number of likely N-dealkylation sites (tertiary alicyclic amines) is 1. The number of benzene rings is 1. The largest absolute Gasteiger partial charge is 0.351 e. The Bertz CT molecular complexity index is 1190. The Labute approximate surface area is 234 Å². The zero-order valence-electron chi connectivity index (χ0n) is 23.2. The van der Waals surface area contributed by atoms with Crippen LogP contribution in [0.15, 0.2) is 48.8 Å². The van der Waals surface area contributed by atoms with E-state index in [2.05, 4.69) is 35.8 Å². The van der Waals surface area contributed by atoms with Crippen molar-refractivity contribution in [3.63, 3.8) is 0 Å². The predicted octanol–water partition coefficient (Wildman–Crippen LogP) is 5.07. The van der Waals surface area contributed by atoms with Crippen molar-refractivity contribution in [2.24, 2.45) is 0 Å². The van der Waals surface area contributed by atoms with Crippen LogP contribution in [0.25, 0.3) is 0 Å². The lowest BCUT2D eigenvalue weighted by atomic mass is 9.87. The molecule has 214 valence electrons. The summed E-state index contributed by atoms with van der Waals surface area (Å²) >= 11 is 0. The van der Waals surface area contributed by atoms with Crippen LogP contribution in [0.3, 0.4) is 0 Å². The van der Waals surface area contributed by atoms with Gasteiger partial charge in [0.05, 0.1) is 12.6 Å². The second-order valence-electron chi connectivity index (χ2n) is 11.6. The summed E-state index contributed by atoms with van der Waals surface area (Å²) in [5.74, 6) is -0.895. The summed E-state index contributed by atoms with van der Waals surface area (Å²) in [7, 11) is 0. The van der Waals surface area contributed by atoms with Gasteiger partial charge in [-0.05, 0) is 42.0 Å². The first-order valence-corrected chi connectivity index (χ1v) is 13.8. The average molecular weight is 554 g/mol. The first-order valence-electron chi connectivity index (χ1n) is 13.8. The molecule has 0 radical (unpaired) electrons. The van der Waals surface area contributed by atoms with Crippen molar-refractivity contribution in [3.8, 4) is 6.19 Å². The van der Waals surface area contributed by atoms with Crippen molar-refractivity contribution in [1.29, 1.82) is 5.26 Å². The highest BCUT2D eigenvalue weighted by Crippen LogP contribution is 2.34. The molecule has 1 N–H and O–H groups in total. The van der Waals surface area contributed by atoms with Crippen LogP contribution in [-0.2, 0) is 19.7 Å². The number of hydrogen-bond donors (Lipinski definition) is 1. The van der Waals surface area contributed by atoms with Crippen molar-refractivity contribution < 1.29 is 23.1 Å². The second-order valence-corrected chi connectivity index (χ2v) is 11.6. The van der Waals surface area contributed by atoms with E-state index in [1.54, 1.807) is 36.7 Å². The van der Waals surface area contributed by atoms with Gasteiger partial charge in [0.25, 0.3) is 5.91 Å². The van der Waals surface area contributed by atoms with E-state index in [9.17, 15) is 23.6 Å². The van der Waals surface area contributed by atoms with Gasteiger partial charge in [-0.15, -0.1) is 0 Å². The smallest absolute Gasteiger partial charge is 0.345 e. The Morgan fingerprint density at radius 3 is 2.42 bits per heavy atom. The maximum Gasteiger partial charge on any atom is 0.345 e. The molecule has 2 aliphatic rings. The normalized spacial score (nSPS) is 20.7. The number of carbonyl (C=O) groups is 2. The summed E-state index contributed by atoms with van der Waals surface area (Å²) < 4.78 is 30.7. The maximum atomic E-state index is 14.3. The second kappa shape index (κ2) is 12.7. The van der Waals surface area contributed by atoms with Crippen LogP contribution in [0.4, 0.5) is 14.5 Å². The molecule has 40 heavy (non-hydrogen) atoms. The predicted molar refractivity (Wildman–Crippen MR) is 146 cm³/mol. The van der Waals surface area contributed by atoms with Crippen molar-refractivity contribution >= 4 is 17.5 Å². The molecular formula is C30H37F2N5O3. The van der Waals surface area contributed by atoms with Crippen molar-refractivity contribution in [2.45, 2.75) is 95.6 Å². The maximum absolute atomic E-state index is 14.3. The number of rotatable bonds is 8. The molecule has 2 aromatic rings. The molecule has 2 heterocycles. The zero-order valence-corrected chi connectivity index (χ0v) is 23.2. The summed E-state index contributed by atoms with van der Waals surface area (Å²) in [5.41, 5.74) is 1.86. The molecule has 1 aliphatic heterocycles. The Morgan fingerprint density at radius 1 is 1.15 bits per heavy atom. The number of ether oxygens (including phenoxy) is 1. The molecule has 0 bridgehead atoms. The van der Waals surface area contributed by atoms with E-state index in [1.807, 2.05) is 18.3 Å². The lowest BCUT2D eigenvalue weighted by Crippen LogP contribution is -2.51. The van der Waals surface area contributed by atoms with Crippen molar-refractivity contribution in [3.05, 3.63) is 59.9 Å². The Kier molecular flexibility index (Phi) is 9.36. The van der Waals surface area contributed by atoms with Crippen LogP contribution in [0.1, 0.15) is 76.5 Å². The van der Waals surface area contributed by atoms with Crippen LogP contribution < -0.4 is 10.2 Å². The van der Waals surface area contributed by atoms with E-state index in [1.165, 1.54) is 4.90 Å². The molecule has 10 heteroatoms. The van der Waals surface area contributed by atoms with Crippen molar-refractivity contribution in [1.82, 2.24) is 15.2 Å². The summed E-state index contributed by atoms with van der Waals surface area (Å²) in [6.07, 6.45) is 8.87. The number of amides is 2. The highest BCUT2D eigenvalue weighted by atomic mass is 19.3. The minimum atomic E-state index is -3.02. The number of nitrogens with one attached hydrogen (secondary N) is 1. The van der Waals surface area contributed by atoms with Gasteiger partial charge >= 0.3 is 6.61 Å². The fraction of sp³-hybridized carbons (Fsp3) is 0.533. The van der Waals surface area contributed by atoms with Gasteiger partial charge in [0.2, 0.25) is 5.91 Å². The monoisotopic (exact) mass is 553 g/mol. The highest BCUT2D eigenvalue weighted by molar-refractivity contribution is 6.04. The highest BCUT2D eigenvalue weighted by Gasteiger charge is 2.44. The van der Waals surface area contributed by atoms with E-state index in [0.717, 1.165) is 42.6 Å². The van der Waals surface area contributed by atoms with Gasteiger partial charge in [0.1, 0.15) is 12.1 Å². The van der Waals surface area contributed by atoms with Crippen LogP contribution in [0, 0.1) is 11.5 Å². The number of alkyl halides is 2. The molecule has 2 amide bonds.